The highest BCUT2D eigenvalue weighted by Crippen LogP contribution is 2.25. The number of likely N-dealkylation sites (tertiary alicyclic amines) is 1. The average molecular weight is 295 g/mol. The molecule has 1 fully saturated rings. The third-order valence-electron chi connectivity index (χ3n) is 4.65. The lowest BCUT2D eigenvalue weighted by Gasteiger charge is -2.43. The maximum Gasteiger partial charge on any atom is 0.0406 e. The number of benzene rings is 1. The van der Waals surface area contributed by atoms with Crippen molar-refractivity contribution in [3.05, 3.63) is 34.9 Å². The molecule has 1 N–H and O–H groups in total. The van der Waals surface area contributed by atoms with Gasteiger partial charge in [-0.1, -0.05) is 37.6 Å². The Morgan fingerprint density at radius 2 is 1.95 bits per heavy atom. The molecule has 0 spiro atoms. The Bertz CT molecular complexity index is 404. The summed E-state index contributed by atoms with van der Waals surface area (Å²) in [6, 6.07) is 9.55. The minimum Gasteiger partial charge on any atom is -0.314 e. The molecule has 0 amide bonds. The van der Waals surface area contributed by atoms with E-state index in [1.54, 1.807) is 0 Å². The van der Waals surface area contributed by atoms with E-state index in [2.05, 4.69) is 43.1 Å². The van der Waals surface area contributed by atoms with Gasteiger partial charge in [0.25, 0.3) is 0 Å². The lowest BCUT2D eigenvalue weighted by Crippen LogP contribution is -2.53. The predicted molar refractivity (Wildman–Crippen MR) is 87.2 cm³/mol. The summed E-state index contributed by atoms with van der Waals surface area (Å²) in [4.78, 5) is 2.60. The fraction of sp³-hybridized carbons (Fsp3) is 0.647. The molecule has 0 aliphatic carbocycles. The molecular weight excluding hydrogens is 268 g/mol. The Hall–Kier alpha value is -0.570. The molecule has 1 heterocycles. The zero-order chi connectivity index (χ0) is 14.5. The number of nitrogens with zero attached hydrogens (tertiary/aromatic N) is 1. The SMILES string of the molecule is CCCNC1CCN(Cc2ccc(Cl)cc2)C(C)C1C. The normalized spacial score (nSPS) is 27.7. The minimum absolute atomic E-state index is 0.619. The van der Waals surface area contributed by atoms with E-state index in [0.717, 1.165) is 18.1 Å². The molecule has 112 valence electrons. The van der Waals surface area contributed by atoms with Crippen molar-refractivity contribution in [1.82, 2.24) is 10.2 Å². The Labute approximate surface area is 128 Å². The number of hydrogen-bond donors (Lipinski definition) is 1. The van der Waals surface area contributed by atoms with E-state index in [1.165, 1.54) is 24.9 Å². The molecule has 1 aromatic rings. The van der Waals surface area contributed by atoms with Gasteiger partial charge in [0.15, 0.2) is 0 Å². The molecule has 3 atom stereocenters. The molecule has 1 aromatic carbocycles. The zero-order valence-corrected chi connectivity index (χ0v) is 13.7. The number of hydrogen-bond acceptors (Lipinski definition) is 2. The Morgan fingerprint density at radius 3 is 2.60 bits per heavy atom. The molecule has 0 bridgehead atoms. The van der Waals surface area contributed by atoms with Crippen molar-refractivity contribution in [1.29, 1.82) is 0 Å². The molecule has 2 nitrogen and oxygen atoms in total. The van der Waals surface area contributed by atoms with Crippen LogP contribution in [0.25, 0.3) is 0 Å². The first-order valence-electron chi connectivity index (χ1n) is 7.83. The second-order valence-electron chi connectivity index (χ2n) is 6.05. The van der Waals surface area contributed by atoms with Crippen LogP contribution >= 0.6 is 11.6 Å². The van der Waals surface area contributed by atoms with Crippen LogP contribution in [0.5, 0.6) is 0 Å². The molecular formula is C17H27ClN2. The van der Waals surface area contributed by atoms with Crippen LogP contribution in [0.1, 0.15) is 39.2 Å². The van der Waals surface area contributed by atoms with Crippen molar-refractivity contribution in [2.24, 2.45) is 5.92 Å². The van der Waals surface area contributed by atoms with Gasteiger partial charge in [-0.05, 0) is 49.9 Å². The molecule has 0 saturated carbocycles. The molecule has 2 rings (SSSR count). The van der Waals surface area contributed by atoms with Crippen LogP contribution in [-0.2, 0) is 6.54 Å². The Kier molecular flexibility index (Phi) is 5.88. The van der Waals surface area contributed by atoms with Crippen LogP contribution in [0, 0.1) is 5.92 Å². The largest absolute Gasteiger partial charge is 0.314 e. The van der Waals surface area contributed by atoms with Gasteiger partial charge in [0.2, 0.25) is 0 Å². The highest BCUT2D eigenvalue weighted by molar-refractivity contribution is 6.30. The molecule has 3 unspecified atom stereocenters. The summed E-state index contributed by atoms with van der Waals surface area (Å²) in [7, 11) is 0. The summed E-state index contributed by atoms with van der Waals surface area (Å²) < 4.78 is 0. The van der Waals surface area contributed by atoms with Crippen LogP contribution in [0.3, 0.4) is 0 Å². The van der Waals surface area contributed by atoms with Gasteiger partial charge in [-0.15, -0.1) is 0 Å². The summed E-state index contributed by atoms with van der Waals surface area (Å²) in [6.07, 6.45) is 2.46. The van der Waals surface area contributed by atoms with Crippen molar-refractivity contribution < 1.29 is 0 Å². The second kappa shape index (κ2) is 7.44. The van der Waals surface area contributed by atoms with Crippen molar-refractivity contribution >= 4 is 11.6 Å². The summed E-state index contributed by atoms with van der Waals surface area (Å²) in [6.45, 7) is 10.3. The molecule has 1 aliphatic heterocycles. The van der Waals surface area contributed by atoms with Gasteiger partial charge in [-0.3, -0.25) is 4.90 Å². The number of piperidine rings is 1. The zero-order valence-electron chi connectivity index (χ0n) is 12.9. The van der Waals surface area contributed by atoms with Gasteiger partial charge in [-0.2, -0.15) is 0 Å². The van der Waals surface area contributed by atoms with E-state index >= 15 is 0 Å². The second-order valence-corrected chi connectivity index (χ2v) is 6.48. The summed E-state index contributed by atoms with van der Waals surface area (Å²) in [5.41, 5.74) is 1.36. The topological polar surface area (TPSA) is 15.3 Å². The average Bonchev–Trinajstić information content (AvgIpc) is 2.45. The predicted octanol–water partition coefficient (Wildman–Crippen LogP) is 3.94. The van der Waals surface area contributed by atoms with E-state index in [4.69, 9.17) is 11.6 Å². The lowest BCUT2D eigenvalue weighted by atomic mass is 9.86. The van der Waals surface area contributed by atoms with Crippen molar-refractivity contribution in [2.75, 3.05) is 13.1 Å². The van der Waals surface area contributed by atoms with Gasteiger partial charge < -0.3 is 5.32 Å². The molecule has 20 heavy (non-hydrogen) atoms. The van der Waals surface area contributed by atoms with E-state index in [9.17, 15) is 0 Å². The van der Waals surface area contributed by atoms with Crippen LogP contribution in [0.4, 0.5) is 0 Å². The van der Waals surface area contributed by atoms with Gasteiger partial charge in [0.05, 0.1) is 0 Å². The van der Waals surface area contributed by atoms with E-state index in [-0.39, 0.29) is 0 Å². The first kappa shape index (κ1) is 15.8. The standard InChI is InChI=1S/C17H27ClN2/c1-4-10-19-17-9-11-20(14(3)13(17)2)12-15-5-7-16(18)8-6-15/h5-8,13-14,17,19H,4,9-12H2,1-3H3. The van der Waals surface area contributed by atoms with Crippen molar-refractivity contribution in [3.8, 4) is 0 Å². The fourth-order valence-corrected chi connectivity index (χ4v) is 3.23. The number of halogens is 1. The smallest absolute Gasteiger partial charge is 0.0406 e. The minimum atomic E-state index is 0.619. The third-order valence-corrected chi connectivity index (χ3v) is 4.91. The van der Waals surface area contributed by atoms with E-state index in [1.807, 2.05) is 12.1 Å². The van der Waals surface area contributed by atoms with E-state index in [0.29, 0.717) is 18.0 Å². The monoisotopic (exact) mass is 294 g/mol. The molecule has 1 saturated heterocycles. The summed E-state index contributed by atoms with van der Waals surface area (Å²) in [5.74, 6) is 0.697. The highest BCUT2D eigenvalue weighted by atomic mass is 35.5. The van der Waals surface area contributed by atoms with Crippen LogP contribution in [0.15, 0.2) is 24.3 Å². The van der Waals surface area contributed by atoms with Crippen LogP contribution in [-0.4, -0.2) is 30.1 Å². The number of rotatable bonds is 5. The van der Waals surface area contributed by atoms with Crippen molar-refractivity contribution in [3.63, 3.8) is 0 Å². The van der Waals surface area contributed by atoms with Crippen molar-refractivity contribution in [2.45, 2.75) is 52.2 Å². The number of nitrogens with one attached hydrogen (secondary N) is 1. The first-order valence-corrected chi connectivity index (χ1v) is 8.21. The van der Waals surface area contributed by atoms with Gasteiger partial charge in [0, 0.05) is 30.2 Å². The van der Waals surface area contributed by atoms with Crippen LogP contribution in [0.2, 0.25) is 5.02 Å². The van der Waals surface area contributed by atoms with Gasteiger partial charge in [-0.25, -0.2) is 0 Å². The summed E-state index contributed by atoms with van der Waals surface area (Å²) >= 11 is 5.95. The van der Waals surface area contributed by atoms with Gasteiger partial charge in [0.1, 0.15) is 0 Å². The first-order chi connectivity index (χ1) is 9.61. The molecule has 0 radical (unpaired) electrons. The Morgan fingerprint density at radius 1 is 1.25 bits per heavy atom. The fourth-order valence-electron chi connectivity index (χ4n) is 3.11. The molecule has 0 aromatic heterocycles. The van der Waals surface area contributed by atoms with Gasteiger partial charge >= 0.3 is 0 Å². The quantitative estimate of drug-likeness (QED) is 0.885. The highest BCUT2D eigenvalue weighted by Gasteiger charge is 2.31. The summed E-state index contributed by atoms with van der Waals surface area (Å²) in [5, 5.41) is 4.52. The van der Waals surface area contributed by atoms with Crippen LogP contribution < -0.4 is 5.32 Å². The molecule has 3 heteroatoms. The maximum absolute atomic E-state index is 5.95. The lowest BCUT2D eigenvalue weighted by molar-refractivity contribution is 0.0785. The Balaban J connectivity index is 1.92. The third kappa shape index (κ3) is 3.97. The molecule has 1 aliphatic rings. The van der Waals surface area contributed by atoms with E-state index < -0.39 is 0 Å². The maximum atomic E-state index is 5.95.